The second-order valence-corrected chi connectivity index (χ2v) is 7.78. The topological polar surface area (TPSA) is 132 Å². The van der Waals surface area contributed by atoms with Crippen LogP contribution in [0.5, 0.6) is 0 Å². The first-order chi connectivity index (χ1) is 15.7. The number of anilines is 1. The van der Waals surface area contributed by atoms with Crippen LogP contribution in [0.25, 0.3) is 0 Å². The number of carboxylic acid groups (broad SMARTS) is 1. The Morgan fingerprint density at radius 1 is 1.06 bits per heavy atom. The smallest absolute Gasteiger partial charge is 0.305 e. The van der Waals surface area contributed by atoms with E-state index < -0.39 is 23.8 Å². The van der Waals surface area contributed by atoms with Crippen LogP contribution in [0.4, 0.5) is 5.69 Å². The lowest BCUT2D eigenvalue weighted by Gasteiger charge is -2.18. The van der Waals surface area contributed by atoms with Crippen molar-refractivity contribution in [2.24, 2.45) is 4.99 Å². The maximum Gasteiger partial charge on any atom is 0.305 e. The molecule has 0 heterocycles. The number of guanidine groups is 1. The maximum absolute atomic E-state index is 12.5. The molecule has 0 aliphatic rings. The van der Waals surface area contributed by atoms with Gasteiger partial charge in [0, 0.05) is 34.9 Å². The van der Waals surface area contributed by atoms with Crippen LogP contribution in [0.1, 0.15) is 35.3 Å². The van der Waals surface area contributed by atoms with Gasteiger partial charge in [0.1, 0.15) is 0 Å². The molecule has 0 aliphatic carbocycles. The van der Waals surface area contributed by atoms with E-state index in [4.69, 9.17) is 23.2 Å². The largest absolute Gasteiger partial charge is 0.481 e. The number of aliphatic carboxylic acids is 1. The summed E-state index contributed by atoms with van der Waals surface area (Å²) in [6.07, 6.45) is -0.378. The molecule has 2 aromatic carbocycles. The Bertz CT molecular complexity index is 1020. The summed E-state index contributed by atoms with van der Waals surface area (Å²) in [5.74, 6) is -1.59. The molecule has 176 valence electrons. The van der Waals surface area contributed by atoms with Crippen LogP contribution in [0.3, 0.4) is 0 Å². The number of nitrogens with one attached hydrogen (secondary N) is 4. The summed E-state index contributed by atoms with van der Waals surface area (Å²) in [5.41, 5.74) is 1.43. The van der Waals surface area contributed by atoms with Crippen LogP contribution in [-0.4, -0.2) is 49.0 Å². The number of hydrogen-bond acceptors (Lipinski definition) is 4. The van der Waals surface area contributed by atoms with Gasteiger partial charge in [0.25, 0.3) is 5.91 Å². The van der Waals surface area contributed by atoms with Gasteiger partial charge in [-0.05, 0) is 48.9 Å². The third-order valence-electron chi connectivity index (χ3n) is 4.37. The Kier molecular flexibility index (Phi) is 9.96. The van der Waals surface area contributed by atoms with Crippen LogP contribution in [0, 0.1) is 0 Å². The number of nitrogens with zero attached hydrogens (tertiary/aromatic N) is 1. The van der Waals surface area contributed by atoms with Crippen molar-refractivity contribution >= 4 is 52.6 Å². The predicted octanol–water partition coefficient (Wildman–Crippen LogP) is 3.06. The van der Waals surface area contributed by atoms with Crippen molar-refractivity contribution in [1.82, 2.24) is 16.0 Å². The summed E-state index contributed by atoms with van der Waals surface area (Å²) in [5, 5.41) is 21.1. The van der Waals surface area contributed by atoms with E-state index in [9.17, 15) is 19.5 Å². The lowest BCUT2D eigenvalue weighted by molar-refractivity contribution is -0.137. The number of carbonyl (C=O) groups is 3. The molecule has 0 bridgehead atoms. The molecule has 0 saturated heterocycles. The first-order valence-electron chi connectivity index (χ1n) is 10.0. The molecule has 2 amide bonds. The zero-order valence-corrected chi connectivity index (χ0v) is 19.6. The lowest BCUT2D eigenvalue weighted by Crippen LogP contribution is -2.39. The van der Waals surface area contributed by atoms with E-state index >= 15 is 0 Å². The predicted molar refractivity (Wildman–Crippen MR) is 129 cm³/mol. The first-order valence-corrected chi connectivity index (χ1v) is 10.8. The molecule has 1 atom stereocenters. The Hall–Kier alpha value is -3.30. The number of aliphatic imine (C=N–C) groups is 1. The molecule has 11 heteroatoms. The average Bonchev–Trinajstić information content (AvgIpc) is 2.76. The summed E-state index contributed by atoms with van der Waals surface area (Å²) < 4.78 is 0. The van der Waals surface area contributed by atoms with Gasteiger partial charge in [-0.15, -0.1) is 0 Å². The molecule has 0 radical (unpaired) electrons. The summed E-state index contributed by atoms with van der Waals surface area (Å²) in [6, 6.07) is 10.4. The Morgan fingerprint density at radius 2 is 1.76 bits per heavy atom. The van der Waals surface area contributed by atoms with Crippen LogP contribution < -0.4 is 21.3 Å². The fourth-order valence-electron chi connectivity index (χ4n) is 2.93. The molecule has 0 aromatic heterocycles. The highest BCUT2D eigenvalue weighted by Gasteiger charge is 2.20. The van der Waals surface area contributed by atoms with Gasteiger partial charge in [-0.3, -0.25) is 19.4 Å². The van der Waals surface area contributed by atoms with Crippen molar-refractivity contribution in [3.05, 3.63) is 63.6 Å². The molecular formula is C22H25Cl2N5O4. The van der Waals surface area contributed by atoms with Crippen LogP contribution in [-0.2, 0) is 9.59 Å². The second kappa shape index (κ2) is 12.7. The van der Waals surface area contributed by atoms with Gasteiger partial charge in [0.05, 0.1) is 19.0 Å². The summed E-state index contributed by atoms with van der Waals surface area (Å²) in [4.78, 5) is 40.3. The van der Waals surface area contributed by atoms with Gasteiger partial charge in [0.2, 0.25) is 5.91 Å². The highest BCUT2D eigenvalue weighted by atomic mass is 35.5. The number of halogens is 2. The lowest BCUT2D eigenvalue weighted by atomic mass is 10.0. The minimum atomic E-state index is -1.11. The molecule has 2 rings (SSSR count). The molecule has 5 N–H and O–H groups in total. The first kappa shape index (κ1) is 26.0. The summed E-state index contributed by atoms with van der Waals surface area (Å²) >= 11 is 12.0. The molecule has 9 nitrogen and oxygen atoms in total. The van der Waals surface area contributed by atoms with E-state index in [1.54, 1.807) is 31.3 Å². The molecule has 0 saturated carbocycles. The van der Waals surface area contributed by atoms with Gasteiger partial charge in [-0.25, -0.2) is 0 Å². The van der Waals surface area contributed by atoms with Crippen LogP contribution >= 0.6 is 23.2 Å². The Morgan fingerprint density at radius 3 is 2.36 bits per heavy atom. The summed E-state index contributed by atoms with van der Waals surface area (Å²) in [6.45, 7) is 2.27. The van der Waals surface area contributed by atoms with Crippen molar-refractivity contribution in [2.75, 3.05) is 25.5 Å². The zero-order valence-electron chi connectivity index (χ0n) is 18.1. The highest BCUT2D eigenvalue weighted by Crippen LogP contribution is 2.25. The van der Waals surface area contributed by atoms with Gasteiger partial charge in [-0.2, -0.15) is 0 Å². The van der Waals surface area contributed by atoms with Crippen molar-refractivity contribution in [3.8, 4) is 0 Å². The number of amides is 2. The minimum Gasteiger partial charge on any atom is -0.481 e. The molecule has 0 aliphatic heterocycles. The van der Waals surface area contributed by atoms with Crippen molar-refractivity contribution < 1.29 is 19.5 Å². The fourth-order valence-corrected chi connectivity index (χ4v) is 3.48. The van der Waals surface area contributed by atoms with E-state index in [1.807, 2.05) is 6.92 Å². The normalized spacial score (nSPS) is 11.9. The van der Waals surface area contributed by atoms with E-state index in [0.717, 1.165) is 0 Å². The molecule has 2 aromatic rings. The van der Waals surface area contributed by atoms with Crippen LogP contribution in [0.2, 0.25) is 10.0 Å². The zero-order chi connectivity index (χ0) is 24.4. The number of benzene rings is 2. The number of carbonyl (C=O) groups excluding carboxylic acids is 2. The van der Waals surface area contributed by atoms with Gasteiger partial charge in [-0.1, -0.05) is 29.3 Å². The number of carboxylic acids is 1. The maximum atomic E-state index is 12.5. The molecule has 0 spiro atoms. The molecular weight excluding hydrogens is 469 g/mol. The van der Waals surface area contributed by atoms with Crippen molar-refractivity contribution in [3.63, 3.8) is 0 Å². The highest BCUT2D eigenvalue weighted by molar-refractivity contribution is 6.34. The van der Waals surface area contributed by atoms with E-state index in [0.29, 0.717) is 39.4 Å². The van der Waals surface area contributed by atoms with Gasteiger partial charge >= 0.3 is 5.97 Å². The number of hydrogen-bond donors (Lipinski definition) is 5. The average molecular weight is 494 g/mol. The quantitative estimate of drug-likeness (QED) is 0.269. The Labute approximate surface area is 201 Å². The molecule has 1 unspecified atom stereocenters. The van der Waals surface area contributed by atoms with Crippen LogP contribution in [0.15, 0.2) is 47.5 Å². The molecule has 33 heavy (non-hydrogen) atoms. The standard InChI is InChI=1S/C22H25Cl2N5O4/c1-3-26-22(25-2)28-17-6-4-5-13(9-17)21(33)27-12-19(30)29-18(11-20(31)32)14-7-15(23)10-16(24)8-14/h4-10,18H,3,11-12H2,1-2H3,(H,27,33)(H,29,30)(H,31,32)(H2,25,26,28). The van der Waals surface area contributed by atoms with E-state index in [1.165, 1.54) is 18.2 Å². The van der Waals surface area contributed by atoms with E-state index in [2.05, 4.69) is 26.3 Å². The SMILES string of the molecule is CCNC(=NC)Nc1cccc(C(=O)NCC(=O)NC(CC(=O)O)c2cc(Cl)cc(Cl)c2)c1. The fraction of sp³-hybridized carbons (Fsp3) is 0.273. The second-order valence-electron chi connectivity index (χ2n) is 6.91. The van der Waals surface area contributed by atoms with E-state index in [-0.39, 0.29) is 13.0 Å². The monoisotopic (exact) mass is 493 g/mol. The summed E-state index contributed by atoms with van der Waals surface area (Å²) in [7, 11) is 1.63. The minimum absolute atomic E-state index is 0.314. The van der Waals surface area contributed by atoms with Crippen molar-refractivity contribution in [1.29, 1.82) is 0 Å². The number of rotatable bonds is 9. The van der Waals surface area contributed by atoms with Gasteiger partial charge < -0.3 is 26.4 Å². The third kappa shape index (κ3) is 8.63. The van der Waals surface area contributed by atoms with Crippen molar-refractivity contribution in [2.45, 2.75) is 19.4 Å². The molecule has 0 fully saturated rings. The Balaban J connectivity index is 2.01. The van der Waals surface area contributed by atoms with Gasteiger partial charge in [0.15, 0.2) is 5.96 Å². The third-order valence-corrected chi connectivity index (χ3v) is 4.80.